The Hall–Kier alpha value is -2.76. The standard InChI is InChI=1S/C17H19NO5/c1-5-23-17(20)15-10(2)18-12(16(15)19)8-11-6-7-13(21-3)14(9-11)22-4/h6-9,19H,5H2,1-4H3. The number of aliphatic hydroxyl groups is 1. The van der Waals surface area contributed by atoms with Gasteiger partial charge in [0.05, 0.1) is 26.5 Å². The number of aliphatic imine (C=N–C) groups is 1. The minimum absolute atomic E-state index is 0.0959. The van der Waals surface area contributed by atoms with Gasteiger partial charge in [0.1, 0.15) is 11.3 Å². The van der Waals surface area contributed by atoms with Crippen molar-refractivity contribution in [3.05, 3.63) is 40.8 Å². The van der Waals surface area contributed by atoms with E-state index in [9.17, 15) is 9.90 Å². The summed E-state index contributed by atoms with van der Waals surface area (Å²) < 4.78 is 15.4. The Morgan fingerprint density at radius 3 is 2.57 bits per heavy atom. The molecule has 1 heterocycles. The maximum Gasteiger partial charge on any atom is 0.343 e. The van der Waals surface area contributed by atoms with Gasteiger partial charge in [-0.25, -0.2) is 9.79 Å². The Morgan fingerprint density at radius 1 is 1.26 bits per heavy atom. The smallest absolute Gasteiger partial charge is 0.343 e. The number of nitrogens with zero attached hydrogens (tertiary/aromatic N) is 1. The van der Waals surface area contributed by atoms with Crippen LogP contribution in [0.4, 0.5) is 0 Å². The van der Waals surface area contributed by atoms with Crippen LogP contribution in [0.1, 0.15) is 19.4 Å². The van der Waals surface area contributed by atoms with Gasteiger partial charge in [0, 0.05) is 0 Å². The molecule has 0 unspecified atom stereocenters. The van der Waals surface area contributed by atoms with Crippen LogP contribution in [0, 0.1) is 0 Å². The molecule has 1 aliphatic rings. The summed E-state index contributed by atoms with van der Waals surface area (Å²) in [5.74, 6) is 0.403. The lowest BCUT2D eigenvalue weighted by molar-refractivity contribution is -0.138. The Labute approximate surface area is 134 Å². The molecule has 6 nitrogen and oxygen atoms in total. The predicted octanol–water partition coefficient (Wildman–Crippen LogP) is 2.89. The molecule has 0 saturated heterocycles. The molecule has 0 atom stereocenters. The molecule has 0 amide bonds. The van der Waals surface area contributed by atoms with Gasteiger partial charge in [-0.3, -0.25) is 0 Å². The first-order chi connectivity index (χ1) is 11.0. The van der Waals surface area contributed by atoms with Crippen LogP contribution < -0.4 is 9.47 Å². The average Bonchev–Trinajstić information content (AvgIpc) is 2.81. The SMILES string of the molecule is CCOC(=O)C1=C(O)C(=Cc2ccc(OC)c(OC)c2)N=C1C. The molecule has 0 radical (unpaired) electrons. The van der Waals surface area contributed by atoms with Gasteiger partial charge in [0.25, 0.3) is 0 Å². The van der Waals surface area contributed by atoms with Gasteiger partial charge in [-0.05, 0) is 37.6 Å². The molecule has 0 bridgehead atoms. The number of benzene rings is 1. The molecule has 23 heavy (non-hydrogen) atoms. The fourth-order valence-electron chi connectivity index (χ4n) is 2.24. The van der Waals surface area contributed by atoms with Crippen LogP contribution >= 0.6 is 0 Å². The average molecular weight is 317 g/mol. The van der Waals surface area contributed by atoms with E-state index in [1.165, 1.54) is 0 Å². The quantitative estimate of drug-likeness (QED) is 0.845. The van der Waals surface area contributed by atoms with Crippen molar-refractivity contribution in [1.82, 2.24) is 0 Å². The summed E-state index contributed by atoms with van der Waals surface area (Å²) in [6.45, 7) is 3.59. The van der Waals surface area contributed by atoms with Gasteiger partial charge >= 0.3 is 5.97 Å². The van der Waals surface area contributed by atoms with Gasteiger partial charge in [0.2, 0.25) is 0 Å². The highest BCUT2D eigenvalue weighted by atomic mass is 16.5. The maximum atomic E-state index is 11.9. The number of hydrogen-bond donors (Lipinski definition) is 1. The lowest BCUT2D eigenvalue weighted by Crippen LogP contribution is -2.13. The van der Waals surface area contributed by atoms with Crippen molar-refractivity contribution >= 4 is 17.8 Å². The van der Waals surface area contributed by atoms with E-state index in [1.807, 2.05) is 0 Å². The van der Waals surface area contributed by atoms with Crippen molar-refractivity contribution in [3.63, 3.8) is 0 Å². The summed E-state index contributed by atoms with van der Waals surface area (Å²) in [6.07, 6.45) is 1.66. The van der Waals surface area contributed by atoms with Crippen molar-refractivity contribution in [2.24, 2.45) is 4.99 Å². The topological polar surface area (TPSA) is 77.4 Å². The van der Waals surface area contributed by atoms with Crippen LogP contribution in [-0.4, -0.2) is 37.6 Å². The Morgan fingerprint density at radius 2 is 1.96 bits per heavy atom. The highest BCUT2D eigenvalue weighted by Crippen LogP contribution is 2.31. The van der Waals surface area contributed by atoms with E-state index in [1.54, 1.807) is 52.3 Å². The van der Waals surface area contributed by atoms with Crippen molar-refractivity contribution in [1.29, 1.82) is 0 Å². The summed E-state index contributed by atoms with van der Waals surface area (Å²) in [4.78, 5) is 16.1. The lowest BCUT2D eigenvalue weighted by Gasteiger charge is -2.08. The van der Waals surface area contributed by atoms with Crippen LogP contribution in [0.5, 0.6) is 11.5 Å². The Kier molecular flexibility index (Phi) is 5.05. The molecule has 1 aliphatic heterocycles. The Balaban J connectivity index is 2.39. The number of aliphatic hydroxyl groups excluding tert-OH is 1. The fraction of sp³-hybridized carbons (Fsp3) is 0.294. The van der Waals surface area contributed by atoms with Crippen molar-refractivity contribution in [3.8, 4) is 11.5 Å². The number of ether oxygens (including phenoxy) is 3. The summed E-state index contributed by atoms with van der Waals surface area (Å²) in [5, 5.41) is 10.2. The lowest BCUT2D eigenvalue weighted by atomic mass is 10.1. The highest BCUT2D eigenvalue weighted by Gasteiger charge is 2.27. The first-order valence-electron chi connectivity index (χ1n) is 7.11. The molecule has 122 valence electrons. The molecule has 2 rings (SSSR count). The number of carbonyl (C=O) groups excluding carboxylic acids is 1. The zero-order valence-electron chi connectivity index (χ0n) is 13.5. The van der Waals surface area contributed by atoms with E-state index in [0.29, 0.717) is 22.9 Å². The van der Waals surface area contributed by atoms with Crippen molar-refractivity contribution in [2.45, 2.75) is 13.8 Å². The second kappa shape index (κ2) is 7.00. The molecule has 1 aromatic carbocycles. The van der Waals surface area contributed by atoms with E-state index in [4.69, 9.17) is 14.2 Å². The molecule has 0 spiro atoms. The summed E-state index contributed by atoms with van der Waals surface area (Å²) in [5.41, 5.74) is 1.58. The Bertz CT molecular complexity index is 716. The van der Waals surface area contributed by atoms with Crippen LogP contribution in [-0.2, 0) is 9.53 Å². The van der Waals surface area contributed by atoms with E-state index >= 15 is 0 Å². The van der Waals surface area contributed by atoms with Gasteiger partial charge in [-0.2, -0.15) is 0 Å². The largest absolute Gasteiger partial charge is 0.505 e. The van der Waals surface area contributed by atoms with Gasteiger partial charge in [0.15, 0.2) is 17.3 Å². The monoisotopic (exact) mass is 317 g/mol. The molecule has 0 aliphatic carbocycles. The van der Waals surface area contributed by atoms with E-state index in [-0.39, 0.29) is 17.9 Å². The molecule has 0 fully saturated rings. The minimum Gasteiger partial charge on any atom is -0.505 e. The zero-order valence-corrected chi connectivity index (χ0v) is 13.5. The minimum atomic E-state index is -0.582. The normalized spacial score (nSPS) is 15.7. The predicted molar refractivity (Wildman–Crippen MR) is 86.9 cm³/mol. The third kappa shape index (κ3) is 3.36. The molecule has 6 heteroatoms. The summed E-state index contributed by atoms with van der Waals surface area (Å²) >= 11 is 0. The van der Waals surface area contributed by atoms with Crippen LogP contribution in [0.15, 0.2) is 40.2 Å². The molecule has 0 aromatic heterocycles. The molecule has 0 saturated carbocycles. The second-order valence-corrected chi connectivity index (χ2v) is 4.79. The van der Waals surface area contributed by atoms with Gasteiger partial charge in [-0.1, -0.05) is 6.07 Å². The highest BCUT2D eigenvalue weighted by molar-refractivity contribution is 6.22. The number of esters is 1. The van der Waals surface area contributed by atoms with Crippen LogP contribution in [0.2, 0.25) is 0 Å². The van der Waals surface area contributed by atoms with Gasteiger partial charge in [-0.15, -0.1) is 0 Å². The van der Waals surface area contributed by atoms with Crippen molar-refractivity contribution in [2.75, 3.05) is 20.8 Å². The first-order valence-corrected chi connectivity index (χ1v) is 7.11. The zero-order chi connectivity index (χ0) is 17.0. The number of rotatable bonds is 5. The molecular formula is C17H19NO5. The molecule has 1 aromatic rings. The number of carbonyl (C=O) groups is 1. The van der Waals surface area contributed by atoms with E-state index < -0.39 is 5.97 Å². The third-order valence-electron chi connectivity index (χ3n) is 3.32. The third-order valence-corrected chi connectivity index (χ3v) is 3.32. The summed E-state index contributed by atoms with van der Waals surface area (Å²) in [6, 6.07) is 5.31. The van der Waals surface area contributed by atoms with Crippen molar-refractivity contribution < 1.29 is 24.1 Å². The van der Waals surface area contributed by atoms with Crippen LogP contribution in [0.25, 0.3) is 6.08 Å². The van der Waals surface area contributed by atoms with Gasteiger partial charge < -0.3 is 19.3 Å². The van der Waals surface area contributed by atoms with E-state index in [0.717, 1.165) is 5.56 Å². The second-order valence-electron chi connectivity index (χ2n) is 4.79. The molecule has 1 N–H and O–H groups in total. The first kappa shape index (κ1) is 16.6. The van der Waals surface area contributed by atoms with E-state index in [2.05, 4.69) is 4.99 Å². The summed E-state index contributed by atoms with van der Waals surface area (Å²) in [7, 11) is 3.10. The maximum absolute atomic E-state index is 11.9. The number of methoxy groups -OCH3 is 2. The number of hydrogen-bond acceptors (Lipinski definition) is 6. The molecular weight excluding hydrogens is 298 g/mol. The fourth-order valence-corrected chi connectivity index (χ4v) is 2.24. The van der Waals surface area contributed by atoms with Crippen LogP contribution in [0.3, 0.4) is 0 Å².